The molecular formula is C15H26N2O2S. The van der Waals surface area contributed by atoms with Crippen molar-refractivity contribution in [3.05, 3.63) is 24.3 Å². The summed E-state index contributed by atoms with van der Waals surface area (Å²) in [6, 6.07) is 6.76. The molecule has 5 heteroatoms. The third kappa shape index (κ3) is 5.92. The SMILES string of the molecule is CC(C)NS(=O)(=O)c1ccc(NCCC(C)(C)C)cc1. The van der Waals surface area contributed by atoms with Crippen LogP contribution in [-0.4, -0.2) is 21.0 Å². The summed E-state index contributed by atoms with van der Waals surface area (Å²) in [7, 11) is -3.40. The van der Waals surface area contributed by atoms with Crippen molar-refractivity contribution in [2.24, 2.45) is 5.41 Å². The first kappa shape index (κ1) is 17.0. The molecule has 1 aromatic carbocycles. The quantitative estimate of drug-likeness (QED) is 0.848. The zero-order valence-electron chi connectivity index (χ0n) is 13.0. The van der Waals surface area contributed by atoms with Gasteiger partial charge in [0.05, 0.1) is 4.90 Å². The molecule has 0 aliphatic carbocycles. The fourth-order valence-corrected chi connectivity index (χ4v) is 2.96. The number of anilines is 1. The molecule has 114 valence electrons. The van der Waals surface area contributed by atoms with Gasteiger partial charge in [-0.15, -0.1) is 0 Å². The summed E-state index contributed by atoms with van der Waals surface area (Å²) in [6.07, 6.45) is 1.06. The van der Waals surface area contributed by atoms with E-state index < -0.39 is 10.0 Å². The molecule has 1 aromatic rings. The number of sulfonamides is 1. The van der Waals surface area contributed by atoms with Gasteiger partial charge in [-0.05, 0) is 49.9 Å². The average Bonchev–Trinajstić information content (AvgIpc) is 2.26. The van der Waals surface area contributed by atoms with Crippen molar-refractivity contribution in [1.29, 1.82) is 0 Å². The van der Waals surface area contributed by atoms with Gasteiger partial charge >= 0.3 is 0 Å². The van der Waals surface area contributed by atoms with Gasteiger partial charge in [-0.3, -0.25) is 0 Å². The highest BCUT2D eigenvalue weighted by molar-refractivity contribution is 7.89. The molecule has 0 aromatic heterocycles. The Morgan fingerprint density at radius 1 is 1.10 bits per heavy atom. The highest BCUT2D eigenvalue weighted by Crippen LogP contribution is 2.19. The monoisotopic (exact) mass is 298 g/mol. The van der Waals surface area contributed by atoms with Crippen molar-refractivity contribution in [1.82, 2.24) is 4.72 Å². The maximum absolute atomic E-state index is 12.0. The minimum atomic E-state index is -3.40. The first-order valence-electron chi connectivity index (χ1n) is 6.96. The van der Waals surface area contributed by atoms with Gasteiger partial charge in [0.2, 0.25) is 10.0 Å². The Morgan fingerprint density at radius 3 is 2.10 bits per heavy atom. The Morgan fingerprint density at radius 2 is 1.65 bits per heavy atom. The fourth-order valence-electron chi connectivity index (χ4n) is 1.71. The normalized spacial score (nSPS) is 12.7. The van der Waals surface area contributed by atoms with Crippen LogP contribution in [0.15, 0.2) is 29.2 Å². The predicted octanol–water partition coefficient (Wildman–Crippen LogP) is 3.22. The van der Waals surface area contributed by atoms with E-state index in [2.05, 4.69) is 30.8 Å². The van der Waals surface area contributed by atoms with Crippen LogP contribution in [-0.2, 0) is 10.0 Å². The van der Waals surface area contributed by atoms with E-state index in [0.717, 1.165) is 18.7 Å². The standard InChI is InChI=1S/C15H26N2O2S/c1-12(2)17-20(18,19)14-8-6-13(7-9-14)16-11-10-15(3,4)5/h6-9,12,16-17H,10-11H2,1-5H3. The lowest BCUT2D eigenvalue weighted by Crippen LogP contribution is -2.30. The van der Waals surface area contributed by atoms with Gasteiger partial charge in [-0.1, -0.05) is 20.8 Å². The van der Waals surface area contributed by atoms with E-state index in [1.807, 2.05) is 0 Å². The molecule has 0 amide bonds. The van der Waals surface area contributed by atoms with Crippen molar-refractivity contribution in [3.63, 3.8) is 0 Å². The van der Waals surface area contributed by atoms with Gasteiger partial charge < -0.3 is 5.32 Å². The molecule has 0 spiro atoms. The Labute approximate surface area is 123 Å². The van der Waals surface area contributed by atoms with E-state index in [1.165, 1.54) is 0 Å². The summed E-state index contributed by atoms with van der Waals surface area (Å²) < 4.78 is 26.5. The minimum absolute atomic E-state index is 0.107. The lowest BCUT2D eigenvalue weighted by molar-refractivity contribution is 0.390. The van der Waals surface area contributed by atoms with Crippen LogP contribution in [0.25, 0.3) is 0 Å². The fraction of sp³-hybridized carbons (Fsp3) is 0.600. The Balaban J connectivity index is 2.65. The average molecular weight is 298 g/mol. The lowest BCUT2D eigenvalue weighted by atomic mass is 9.92. The van der Waals surface area contributed by atoms with E-state index in [1.54, 1.807) is 38.1 Å². The molecule has 0 saturated heterocycles. The predicted molar refractivity (Wildman–Crippen MR) is 84.5 cm³/mol. The number of hydrogen-bond acceptors (Lipinski definition) is 3. The molecule has 0 saturated carbocycles. The van der Waals surface area contributed by atoms with Crippen LogP contribution in [0.2, 0.25) is 0 Å². The van der Waals surface area contributed by atoms with E-state index in [9.17, 15) is 8.42 Å². The molecule has 0 unspecified atom stereocenters. The lowest BCUT2D eigenvalue weighted by Gasteiger charge is -2.18. The first-order valence-corrected chi connectivity index (χ1v) is 8.45. The van der Waals surface area contributed by atoms with Crippen molar-refractivity contribution in [2.45, 2.75) is 52.0 Å². The highest BCUT2D eigenvalue weighted by atomic mass is 32.2. The van der Waals surface area contributed by atoms with Gasteiger partial charge in [0.1, 0.15) is 0 Å². The van der Waals surface area contributed by atoms with Crippen molar-refractivity contribution in [3.8, 4) is 0 Å². The molecule has 4 nitrogen and oxygen atoms in total. The molecule has 0 radical (unpaired) electrons. The Bertz CT molecular complexity index is 514. The third-order valence-electron chi connectivity index (χ3n) is 2.76. The molecule has 0 atom stereocenters. The Kier molecular flexibility index (Phi) is 5.59. The van der Waals surface area contributed by atoms with E-state index in [0.29, 0.717) is 4.90 Å². The largest absolute Gasteiger partial charge is 0.385 e. The van der Waals surface area contributed by atoms with Crippen LogP contribution >= 0.6 is 0 Å². The summed E-state index contributed by atoms with van der Waals surface area (Å²) in [5, 5.41) is 3.31. The molecule has 0 fully saturated rings. The zero-order valence-corrected chi connectivity index (χ0v) is 13.8. The minimum Gasteiger partial charge on any atom is -0.385 e. The molecular weight excluding hydrogens is 272 g/mol. The maximum atomic E-state index is 12.0. The van der Waals surface area contributed by atoms with Crippen molar-refractivity contribution in [2.75, 3.05) is 11.9 Å². The Hall–Kier alpha value is -1.07. The molecule has 2 N–H and O–H groups in total. The second-order valence-corrected chi connectivity index (χ2v) is 8.25. The molecule has 0 aliphatic heterocycles. The van der Waals surface area contributed by atoms with Crippen LogP contribution in [0.1, 0.15) is 41.0 Å². The molecule has 20 heavy (non-hydrogen) atoms. The first-order chi connectivity index (χ1) is 9.10. The van der Waals surface area contributed by atoms with Crippen LogP contribution in [0.4, 0.5) is 5.69 Å². The van der Waals surface area contributed by atoms with Crippen LogP contribution in [0, 0.1) is 5.41 Å². The topological polar surface area (TPSA) is 58.2 Å². The molecule has 0 bridgehead atoms. The van der Waals surface area contributed by atoms with Gasteiger partial charge in [0.15, 0.2) is 0 Å². The van der Waals surface area contributed by atoms with Gasteiger partial charge in [-0.25, -0.2) is 13.1 Å². The summed E-state index contributed by atoms with van der Waals surface area (Å²) in [4.78, 5) is 0.299. The molecule has 1 rings (SSSR count). The summed E-state index contributed by atoms with van der Waals surface area (Å²) in [5.74, 6) is 0. The van der Waals surface area contributed by atoms with Crippen LogP contribution in [0.3, 0.4) is 0 Å². The smallest absolute Gasteiger partial charge is 0.240 e. The zero-order chi connectivity index (χ0) is 15.4. The van der Waals surface area contributed by atoms with E-state index in [-0.39, 0.29) is 11.5 Å². The highest BCUT2D eigenvalue weighted by Gasteiger charge is 2.15. The number of hydrogen-bond donors (Lipinski definition) is 2. The van der Waals surface area contributed by atoms with Gasteiger partial charge in [0.25, 0.3) is 0 Å². The molecule has 0 heterocycles. The second-order valence-electron chi connectivity index (χ2n) is 6.54. The van der Waals surface area contributed by atoms with E-state index >= 15 is 0 Å². The maximum Gasteiger partial charge on any atom is 0.240 e. The van der Waals surface area contributed by atoms with Gasteiger partial charge in [0, 0.05) is 18.3 Å². The number of benzene rings is 1. The summed E-state index contributed by atoms with van der Waals surface area (Å²) in [6.45, 7) is 11.1. The molecule has 0 aliphatic rings. The third-order valence-corrected chi connectivity index (χ3v) is 4.43. The number of nitrogens with one attached hydrogen (secondary N) is 2. The van der Waals surface area contributed by atoms with Gasteiger partial charge in [-0.2, -0.15) is 0 Å². The van der Waals surface area contributed by atoms with Crippen LogP contribution in [0.5, 0.6) is 0 Å². The van der Waals surface area contributed by atoms with Crippen LogP contribution < -0.4 is 10.0 Å². The van der Waals surface area contributed by atoms with E-state index in [4.69, 9.17) is 0 Å². The number of rotatable bonds is 6. The summed E-state index contributed by atoms with van der Waals surface area (Å²) in [5.41, 5.74) is 1.23. The van der Waals surface area contributed by atoms with Crippen molar-refractivity contribution >= 4 is 15.7 Å². The summed E-state index contributed by atoms with van der Waals surface area (Å²) >= 11 is 0. The second kappa shape index (κ2) is 6.59. The van der Waals surface area contributed by atoms with Crippen molar-refractivity contribution < 1.29 is 8.42 Å².